The molecule has 0 unspecified atom stereocenters. The van der Waals surface area contributed by atoms with Gasteiger partial charge in [-0.05, 0) is 47.0 Å². The monoisotopic (exact) mass is 443 g/mol. The molecule has 3 rings (SSSR count). The molecule has 3 amide bonds. The highest BCUT2D eigenvalue weighted by molar-refractivity contribution is 6.01. The largest absolute Gasteiger partial charge is 0.416 e. The van der Waals surface area contributed by atoms with Crippen LogP contribution in [0.25, 0.3) is 5.57 Å². The van der Waals surface area contributed by atoms with Gasteiger partial charge in [0.2, 0.25) is 5.91 Å². The van der Waals surface area contributed by atoms with Crippen LogP contribution < -0.4 is 16.4 Å². The number of carbonyl (C=O) groups is 2. The summed E-state index contributed by atoms with van der Waals surface area (Å²) in [7, 11) is 0. The number of benzene rings is 3. The number of hydrogen-bond acceptors (Lipinski definition) is 2. The minimum absolute atomic E-state index is 0.263. The van der Waals surface area contributed by atoms with Gasteiger partial charge in [-0.2, -0.15) is 13.2 Å². The summed E-state index contributed by atoms with van der Waals surface area (Å²) in [5.74, 6) is -1.68. The summed E-state index contributed by atoms with van der Waals surface area (Å²) in [6, 6.07) is 16.1. The maximum Gasteiger partial charge on any atom is 0.416 e. The Bertz CT molecular complexity index is 1180. The van der Waals surface area contributed by atoms with Crippen molar-refractivity contribution in [3.8, 4) is 0 Å². The Labute approximate surface area is 180 Å². The first kappa shape index (κ1) is 22.5. The van der Waals surface area contributed by atoms with Crippen molar-refractivity contribution in [1.82, 2.24) is 0 Å². The molecule has 0 fully saturated rings. The predicted octanol–water partition coefficient (Wildman–Crippen LogP) is 5.41. The molecule has 5 nitrogen and oxygen atoms in total. The molecule has 0 aliphatic rings. The van der Waals surface area contributed by atoms with Crippen molar-refractivity contribution in [2.45, 2.75) is 6.18 Å². The Hall–Kier alpha value is -4.14. The van der Waals surface area contributed by atoms with Crippen LogP contribution in [0.15, 0.2) is 78.9 Å². The average molecular weight is 443 g/mol. The lowest BCUT2D eigenvalue weighted by atomic mass is 9.97. The van der Waals surface area contributed by atoms with Gasteiger partial charge >= 0.3 is 12.2 Å². The predicted molar refractivity (Wildman–Crippen MR) is 113 cm³/mol. The van der Waals surface area contributed by atoms with Gasteiger partial charge in [-0.25, -0.2) is 9.18 Å². The Balaban J connectivity index is 1.83. The Morgan fingerprint density at radius 3 is 2.19 bits per heavy atom. The number of nitrogens with one attached hydrogen (secondary N) is 2. The molecular formula is C23H17F4N3O2. The highest BCUT2D eigenvalue weighted by Crippen LogP contribution is 2.32. The molecule has 164 valence electrons. The molecule has 0 bridgehead atoms. The van der Waals surface area contributed by atoms with E-state index < -0.39 is 35.2 Å². The van der Waals surface area contributed by atoms with Crippen LogP contribution in [0.5, 0.6) is 0 Å². The first-order chi connectivity index (χ1) is 15.1. The summed E-state index contributed by atoms with van der Waals surface area (Å²) in [6.07, 6.45) is -3.44. The summed E-state index contributed by atoms with van der Waals surface area (Å²) in [5.41, 5.74) is 5.63. The number of halogens is 4. The lowest BCUT2D eigenvalue weighted by Gasteiger charge is -2.13. The second-order valence-electron chi connectivity index (χ2n) is 6.68. The molecule has 3 aromatic carbocycles. The first-order valence-electron chi connectivity index (χ1n) is 9.25. The van der Waals surface area contributed by atoms with Gasteiger partial charge in [0.15, 0.2) is 0 Å². The molecule has 0 atom stereocenters. The Morgan fingerprint density at radius 2 is 1.53 bits per heavy atom. The van der Waals surface area contributed by atoms with Gasteiger partial charge in [0.1, 0.15) is 5.82 Å². The van der Waals surface area contributed by atoms with Crippen LogP contribution in [-0.2, 0) is 11.0 Å². The number of urea groups is 1. The van der Waals surface area contributed by atoms with Crippen molar-refractivity contribution in [3.05, 3.63) is 101 Å². The van der Waals surface area contributed by atoms with Crippen molar-refractivity contribution in [3.63, 3.8) is 0 Å². The van der Waals surface area contributed by atoms with E-state index >= 15 is 0 Å². The zero-order valence-corrected chi connectivity index (χ0v) is 16.4. The number of nitrogens with two attached hydrogens (primary N) is 1. The minimum atomic E-state index is -4.68. The molecule has 32 heavy (non-hydrogen) atoms. The van der Waals surface area contributed by atoms with Crippen molar-refractivity contribution in [2.75, 3.05) is 10.6 Å². The van der Waals surface area contributed by atoms with E-state index in [2.05, 4.69) is 10.6 Å². The lowest BCUT2D eigenvalue weighted by molar-refractivity contribution is -0.137. The van der Waals surface area contributed by atoms with Crippen LogP contribution in [-0.4, -0.2) is 11.9 Å². The molecule has 0 aliphatic heterocycles. The number of alkyl halides is 3. The molecule has 0 saturated carbocycles. The van der Waals surface area contributed by atoms with Gasteiger partial charge in [-0.3, -0.25) is 4.79 Å². The van der Waals surface area contributed by atoms with Crippen molar-refractivity contribution >= 4 is 28.9 Å². The van der Waals surface area contributed by atoms with Crippen LogP contribution in [0.4, 0.5) is 33.7 Å². The smallest absolute Gasteiger partial charge is 0.366 e. The Morgan fingerprint density at radius 1 is 0.844 bits per heavy atom. The standard InChI is InChI=1S/C23H17F4N3O2/c24-19-10-9-16(23(25,26)27)12-20(19)30-22(32)29-17-8-4-7-15(11-17)18(13-21(28)31)14-5-2-1-3-6-14/h1-13H,(H2,28,31)(H2,29,30,32)/b18-13-. The van der Waals surface area contributed by atoms with Gasteiger partial charge < -0.3 is 16.4 Å². The SMILES string of the molecule is NC(=O)/C=C(/c1ccccc1)c1cccc(NC(=O)Nc2cc(C(F)(F)F)ccc2F)c1. The number of carbonyl (C=O) groups excluding carboxylic acids is 2. The number of amides is 3. The summed E-state index contributed by atoms with van der Waals surface area (Å²) < 4.78 is 52.4. The van der Waals surface area contributed by atoms with Crippen LogP contribution in [0.2, 0.25) is 0 Å². The van der Waals surface area contributed by atoms with Crippen molar-refractivity contribution < 1.29 is 27.2 Å². The first-order valence-corrected chi connectivity index (χ1v) is 9.25. The zero-order valence-electron chi connectivity index (χ0n) is 16.4. The molecule has 3 aromatic rings. The molecule has 0 aromatic heterocycles. The third kappa shape index (κ3) is 5.72. The molecule has 4 N–H and O–H groups in total. The zero-order chi connectivity index (χ0) is 23.3. The van der Waals surface area contributed by atoms with Crippen molar-refractivity contribution in [2.24, 2.45) is 5.73 Å². The van der Waals surface area contributed by atoms with E-state index in [9.17, 15) is 27.2 Å². The molecular weight excluding hydrogens is 426 g/mol. The van der Waals surface area contributed by atoms with E-state index in [0.717, 1.165) is 0 Å². The Kier molecular flexibility index (Phi) is 6.58. The third-order valence-corrected chi connectivity index (χ3v) is 4.34. The molecule has 0 aliphatic carbocycles. The second kappa shape index (κ2) is 9.34. The molecule has 0 radical (unpaired) electrons. The fraction of sp³-hybridized carbons (Fsp3) is 0.0435. The van der Waals surface area contributed by atoms with Gasteiger partial charge in [-0.15, -0.1) is 0 Å². The maximum absolute atomic E-state index is 13.9. The van der Waals surface area contributed by atoms with Crippen LogP contribution in [0.1, 0.15) is 16.7 Å². The van der Waals surface area contributed by atoms with Crippen LogP contribution in [0.3, 0.4) is 0 Å². The second-order valence-corrected chi connectivity index (χ2v) is 6.68. The van der Waals surface area contributed by atoms with Gasteiger partial charge in [-0.1, -0.05) is 42.5 Å². The van der Waals surface area contributed by atoms with Gasteiger partial charge in [0, 0.05) is 11.8 Å². The molecule has 9 heteroatoms. The third-order valence-electron chi connectivity index (χ3n) is 4.34. The maximum atomic E-state index is 13.9. The molecule has 0 heterocycles. The molecule has 0 spiro atoms. The van der Waals surface area contributed by atoms with Gasteiger partial charge in [0.05, 0.1) is 11.3 Å². The number of rotatable bonds is 5. The van der Waals surface area contributed by atoms with E-state index in [1.54, 1.807) is 48.5 Å². The molecule has 0 saturated heterocycles. The van der Waals surface area contributed by atoms with Gasteiger partial charge in [0.25, 0.3) is 0 Å². The number of hydrogen-bond donors (Lipinski definition) is 3. The summed E-state index contributed by atoms with van der Waals surface area (Å²) in [4.78, 5) is 23.8. The topological polar surface area (TPSA) is 84.2 Å². The summed E-state index contributed by atoms with van der Waals surface area (Å²) in [6.45, 7) is 0. The van der Waals surface area contributed by atoms with Crippen molar-refractivity contribution in [1.29, 1.82) is 0 Å². The van der Waals surface area contributed by atoms with E-state index in [0.29, 0.717) is 34.9 Å². The lowest BCUT2D eigenvalue weighted by Crippen LogP contribution is -2.20. The van der Waals surface area contributed by atoms with E-state index in [1.807, 2.05) is 0 Å². The van der Waals surface area contributed by atoms with E-state index in [-0.39, 0.29) is 5.69 Å². The summed E-state index contributed by atoms with van der Waals surface area (Å²) >= 11 is 0. The fourth-order valence-corrected chi connectivity index (χ4v) is 2.94. The van der Waals surface area contributed by atoms with Crippen LogP contribution >= 0.6 is 0 Å². The van der Waals surface area contributed by atoms with E-state index in [1.165, 1.54) is 12.1 Å². The minimum Gasteiger partial charge on any atom is -0.366 e. The number of primary amides is 1. The highest BCUT2D eigenvalue weighted by atomic mass is 19.4. The normalized spacial score (nSPS) is 11.7. The summed E-state index contributed by atoms with van der Waals surface area (Å²) in [5, 5.41) is 4.50. The van der Waals surface area contributed by atoms with Crippen LogP contribution in [0, 0.1) is 5.82 Å². The highest BCUT2D eigenvalue weighted by Gasteiger charge is 2.31. The quantitative estimate of drug-likeness (QED) is 0.364. The number of anilines is 2. The fourth-order valence-electron chi connectivity index (χ4n) is 2.94. The van der Waals surface area contributed by atoms with E-state index in [4.69, 9.17) is 5.73 Å². The average Bonchev–Trinajstić information content (AvgIpc) is 2.73.